The van der Waals surface area contributed by atoms with Crippen LogP contribution in [0.3, 0.4) is 0 Å². The lowest BCUT2D eigenvalue weighted by atomic mass is 9.92. The maximum absolute atomic E-state index is 13.2. The van der Waals surface area contributed by atoms with Gasteiger partial charge >= 0.3 is 0 Å². The molecule has 1 aliphatic rings. The minimum Gasteiger partial charge on any atom is -0.368 e. The van der Waals surface area contributed by atoms with Crippen LogP contribution in [0.15, 0.2) is 48.9 Å². The van der Waals surface area contributed by atoms with Crippen molar-refractivity contribution < 1.29 is 4.79 Å². The lowest BCUT2D eigenvalue weighted by molar-refractivity contribution is 0.0984. The molecule has 9 nitrogen and oxygen atoms in total. The first-order valence-electron chi connectivity index (χ1n) is 13.1. The van der Waals surface area contributed by atoms with Crippen LogP contribution in [0.2, 0.25) is 0 Å². The third kappa shape index (κ3) is 5.38. The van der Waals surface area contributed by atoms with E-state index in [4.69, 9.17) is 0 Å². The molecule has 4 heterocycles. The van der Waals surface area contributed by atoms with Gasteiger partial charge in [-0.05, 0) is 43.3 Å². The highest BCUT2D eigenvalue weighted by Gasteiger charge is 2.22. The molecule has 38 heavy (non-hydrogen) atoms. The maximum Gasteiger partial charge on any atom is 0.185 e. The molecule has 1 saturated heterocycles. The number of hydrogen-bond donors (Lipinski definition) is 0. The fourth-order valence-corrected chi connectivity index (χ4v) is 4.70. The van der Waals surface area contributed by atoms with Gasteiger partial charge in [-0.15, -0.1) is 5.10 Å². The van der Waals surface area contributed by atoms with Gasteiger partial charge in [0.25, 0.3) is 0 Å². The number of rotatable bonds is 6. The van der Waals surface area contributed by atoms with E-state index in [-0.39, 0.29) is 17.6 Å². The van der Waals surface area contributed by atoms with Crippen LogP contribution in [-0.4, -0.2) is 73.7 Å². The number of aromatic nitrogens is 6. The minimum atomic E-state index is -0.113. The highest BCUT2D eigenvalue weighted by molar-refractivity contribution is 5.96. The van der Waals surface area contributed by atoms with Crippen LogP contribution in [0.1, 0.15) is 48.1 Å². The Labute approximate surface area is 224 Å². The molecule has 3 aromatic heterocycles. The number of piperazine rings is 1. The van der Waals surface area contributed by atoms with Gasteiger partial charge in [-0.3, -0.25) is 14.5 Å². The van der Waals surface area contributed by atoms with Crippen LogP contribution in [0.25, 0.3) is 16.9 Å². The molecule has 0 aliphatic carbocycles. The van der Waals surface area contributed by atoms with Crippen LogP contribution >= 0.6 is 0 Å². The second-order valence-corrected chi connectivity index (χ2v) is 11.3. The highest BCUT2D eigenvalue weighted by Crippen LogP contribution is 2.25. The number of Topliss-reactive ketones (excluding diaryl/α,β-unsaturated/α-hetero) is 1. The first-order valence-corrected chi connectivity index (χ1v) is 13.1. The van der Waals surface area contributed by atoms with Crippen LogP contribution in [0.5, 0.6) is 0 Å². The number of carbonyl (C=O) groups excluding carboxylic acids is 1. The van der Waals surface area contributed by atoms with Crippen molar-refractivity contribution in [1.29, 1.82) is 0 Å². The zero-order chi connectivity index (χ0) is 27.0. The predicted molar refractivity (Wildman–Crippen MR) is 149 cm³/mol. The normalized spacial score (nSPS) is 14.7. The number of carbonyl (C=O) groups is 1. The van der Waals surface area contributed by atoms with Crippen LogP contribution in [0.4, 0.5) is 5.69 Å². The van der Waals surface area contributed by atoms with Crippen LogP contribution < -0.4 is 4.90 Å². The molecule has 0 bridgehead atoms. The fraction of sp³-hybridized carbons (Fsp3) is 0.414. The molecule has 1 aromatic carbocycles. The van der Waals surface area contributed by atoms with Crippen molar-refractivity contribution in [2.24, 2.45) is 7.05 Å². The summed E-state index contributed by atoms with van der Waals surface area (Å²) in [5.41, 5.74) is 7.09. The third-order valence-corrected chi connectivity index (χ3v) is 7.20. The molecule has 1 aliphatic heterocycles. The van der Waals surface area contributed by atoms with E-state index in [0.29, 0.717) is 5.69 Å². The second-order valence-electron chi connectivity index (χ2n) is 11.3. The summed E-state index contributed by atoms with van der Waals surface area (Å²) in [6, 6.07) is 10.1. The Bertz CT molecular complexity index is 1450. The molecule has 0 atom stereocenters. The molecule has 198 valence electrons. The Balaban J connectivity index is 1.36. The Morgan fingerprint density at radius 3 is 2.47 bits per heavy atom. The Kier molecular flexibility index (Phi) is 6.88. The summed E-state index contributed by atoms with van der Waals surface area (Å²) in [5, 5.41) is 13.4. The molecule has 0 amide bonds. The van der Waals surface area contributed by atoms with E-state index in [9.17, 15) is 4.79 Å². The smallest absolute Gasteiger partial charge is 0.185 e. The Hall–Kier alpha value is -3.85. The van der Waals surface area contributed by atoms with E-state index in [1.165, 1.54) is 0 Å². The summed E-state index contributed by atoms with van der Waals surface area (Å²) < 4.78 is 3.47. The minimum absolute atomic E-state index is 0.0383. The summed E-state index contributed by atoms with van der Waals surface area (Å²) in [4.78, 5) is 22.3. The number of anilines is 1. The van der Waals surface area contributed by atoms with Crippen molar-refractivity contribution in [2.45, 2.75) is 39.5 Å². The summed E-state index contributed by atoms with van der Waals surface area (Å²) in [5.74, 6) is 0.0383. The summed E-state index contributed by atoms with van der Waals surface area (Å²) in [7, 11) is 3.98. The predicted octanol–water partition coefficient (Wildman–Crippen LogP) is 3.85. The van der Waals surface area contributed by atoms with Crippen LogP contribution in [-0.2, 0) is 18.9 Å². The van der Waals surface area contributed by atoms with Crippen molar-refractivity contribution in [2.75, 3.05) is 38.1 Å². The van der Waals surface area contributed by atoms with Gasteiger partial charge in [-0.25, -0.2) is 4.68 Å². The molecule has 9 heteroatoms. The zero-order valence-electron chi connectivity index (χ0n) is 23.1. The summed E-state index contributed by atoms with van der Waals surface area (Å²) >= 11 is 0. The van der Waals surface area contributed by atoms with Crippen molar-refractivity contribution in [3.63, 3.8) is 0 Å². The Morgan fingerprint density at radius 2 is 1.76 bits per heavy atom. The first-order chi connectivity index (χ1) is 18.1. The van der Waals surface area contributed by atoms with E-state index in [1.54, 1.807) is 9.36 Å². The molecule has 0 unspecified atom stereocenters. The van der Waals surface area contributed by atoms with E-state index in [0.717, 1.165) is 65.6 Å². The van der Waals surface area contributed by atoms with Gasteiger partial charge in [0.1, 0.15) is 11.4 Å². The lowest BCUT2D eigenvalue weighted by Crippen LogP contribution is -2.44. The SMILES string of the molecule is Cc1ccc(CC(=O)c2cc(C(C)(C)C)nn2C)cc1-n1cc(-c2cncc(N3CCN(C)CC3)c2)nn1. The molecular weight excluding hydrogens is 476 g/mol. The third-order valence-electron chi connectivity index (χ3n) is 7.20. The second kappa shape index (κ2) is 10.1. The molecule has 4 aromatic rings. The molecule has 1 fully saturated rings. The maximum atomic E-state index is 13.2. The number of ketones is 1. The van der Waals surface area contributed by atoms with Gasteiger partial charge < -0.3 is 9.80 Å². The van der Waals surface area contributed by atoms with Crippen LogP contribution in [0, 0.1) is 6.92 Å². The van der Waals surface area contributed by atoms with Crippen molar-refractivity contribution in [3.05, 3.63) is 71.4 Å². The monoisotopic (exact) mass is 512 g/mol. The van der Waals surface area contributed by atoms with Crippen molar-refractivity contribution in [3.8, 4) is 16.9 Å². The number of nitrogens with zero attached hydrogens (tertiary/aromatic N) is 8. The average molecular weight is 513 g/mol. The van der Waals surface area contributed by atoms with Crippen molar-refractivity contribution >= 4 is 11.5 Å². The van der Waals surface area contributed by atoms with Gasteiger partial charge in [0.15, 0.2) is 5.78 Å². The first kappa shape index (κ1) is 25.8. The summed E-state index contributed by atoms with van der Waals surface area (Å²) in [6.07, 6.45) is 5.95. The molecule has 5 rings (SSSR count). The largest absolute Gasteiger partial charge is 0.368 e. The Morgan fingerprint density at radius 1 is 1.00 bits per heavy atom. The van der Waals surface area contributed by atoms with E-state index in [2.05, 4.69) is 64.1 Å². The van der Waals surface area contributed by atoms with Gasteiger partial charge in [0, 0.05) is 56.8 Å². The lowest BCUT2D eigenvalue weighted by Gasteiger charge is -2.33. The highest BCUT2D eigenvalue weighted by atomic mass is 16.1. The van der Waals surface area contributed by atoms with Gasteiger partial charge in [-0.2, -0.15) is 5.10 Å². The molecule has 0 radical (unpaired) electrons. The van der Waals surface area contributed by atoms with E-state index >= 15 is 0 Å². The quantitative estimate of drug-likeness (QED) is 0.363. The fourth-order valence-electron chi connectivity index (χ4n) is 4.70. The molecular formula is C29H36N8O. The zero-order valence-corrected chi connectivity index (χ0v) is 23.1. The van der Waals surface area contributed by atoms with Gasteiger partial charge in [0.2, 0.25) is 0 Å². The van der Waals surface area contributed by atoms with Crippen molar-refractivity contribution in [1.82, 2.24) is 34.7 Å². The number of pyridine rings is 1. The topological polar surface area (TPSA) is 85.0 Å². The number of benzene rings is 1. The number of hydrogen-bond acceptors (Lipinski definition) is 7. The van der Waals surface area contributed by atoms with E-state index < -0.39 is 0 Å². The van der Waals surface area contributed by atoms with Gasteiger partial charge in [-0.1, -0.05) is 38.1 Å². The van der Waals surface area contributed by atoms with E-state index in [1.807, 2.05) is 56.8 Å². The molecule has 0 N–H and O–H groups in total. The number of likely N-dealkylation sites (N-methyl/N-ethyl adjacent to an activating group) is 1. The van der Waals surface area contributed by atoms with Gasteiger partial charge in [0.05, 0.1) is 29.5 Å². The standard InChI is InChI=1S/C29H36N8O/c1-20-7-8-21(14-27(38)26-16-28(29(2,3)4)32-35(26)6)13-25(20)37-19-24(31-33-37)22-15-23(18-30-17-22)36-11-9-34(5)10-12-36/h7-8,13,15-19H,9-12,14H2,1-6H3. The molecule has 0 saturated carbocycles. The average Bonchev–Trinajstić information content (AvgIpc) is 3.53. The number of aryl methyl sites for hydroxylation is 2. The summed E-state index contributed by atoms with van der Waals surface area (Å²) in [6.45, 7) is 12.4. The molecule has 0 spiro atoms.